The summed E-state index contributed by atoms with van der Waals surface area (Å²) in [5, 5.41) is 0. The molecule has 0 aromatic heterocycles. The van der Waals surface area contributed by atoms with E-state index < -0.39 is 15.6 Å². The molecule has 0 atom stereocenters. The Morgan fingerprint density at radius 3 is 1.09 bits per heavy atom. The molecule has 0 aromatic carbocycles. The zero-order valence-corrected chi connectivity index (χ0v) is 8.29. The van der Waals surface area contributed by atoms with Crippen molar-refractivity contribution < 1.29 is 54.1 Å². The molecule has 0 aliphatic heterocycles. The van der Waals surface area contributed by atoms with E-state index in [-0.39, 0.29) is 72.4 Å². The molecule has 7 nitrogen and oxygen atoms in total. The van der Waals surface area contributed by atoms with Crippen molar-refractivity contribution in [2.45, 2.75) is 0 Å². The van der Waals surface area contributed by atoms with Gasteiger partial charge in [-0.25, -0.2) is 9.13 Å². The van der Waals surface area contributed by atoms with Crippen molar-refractivity contribution in [2.24, 2.45) is 0 Å². The first-order chi connectivity index (χ1) is 3.71. The Balaban J connectivity index is -0.000000320. The molecule has 11 heteroatoms. The predicted molar refractivity (Wildman–Crippen MR) is 32.3 cm³/mol. The molecular weight excluding hydrogens is 408 g/mol. The Hall–Kier alpha value is 2.58. The SMILES string of the molecule is O=P(O)(O)OP(=O)(O)O.[KH].[Pt]. The Labute approximate surface area is 119 Å². The molecular formula is H5KO7P2Pt. The summed E-state index contributed by atoms with van der Waals surface area (Å²) in [7, 11) is -10.1. The molecule has 4 N–H and O–H groups in total. The number of hydrogen-bond donors (Lipinski definition) is 4. The van der Waals surface area contributed by atoms with Crippen LogP contribution < -0.4 is 0 Å². The molecule has 0 saturated heterocycles. The van der Waals surface area contributed by atoms with Crippen molar-refractivity contribution in [3.8, 4) is 0 Å². The largest absolute Gasteiger partial charge is 0 e. The van der Waals surface area contributed by atoms with Gasteiger partial charge in [-0.3, -0.25) is 0 Å². The van der Waals surface area contributed by atoms with E-state index in [9.17, 15) is 9.13 Å². The molecule has 0 saturated carbocycles. The Morgan fingerprint density at radius 2 is 1.09 bits per heavy atom. The second kappa shape index (κ2) is 6.95. The second-order valence-electron chi connectivity index (χ2n) is 1.06. The van der Waals surface area contributed by atoms with Gasteiger partial charge in [-0.05, 0) is 0 Å². The third-order valence-corrected chi connectivity index (χ3v) is 1.91. The molecule has 0 aromatic rings. The van der Waals surface area contributed by atoms with Gasteiger partial charge in [0.15, 0.2) is 0 Å². The van der Waals surface area contributed by atoms with Crippen LogP contribution in [0.3, 0.4) is 0 Å². The van der Waals surface area contributed by atoms with E-state index in [2.05, 4.69) is 4.31 Å². The molecule has 0 heterocycles. The van der Waals surface area contributed by atoms with Gasteiger partial charge >= 0.3 is 67.0 Å². The van der Waals surface area contributed by atoms with Gasteiger partial charge in [-0.2, -0.15) is 4.31 Å². The summed E-state index contributed by atoms with van der Waals surface area (Å²) < 4.78 is 22.2. The minimum Gasteiger partial charge on any atom is 0 e. The van der Waals surface area contributed by atoms with Gasteiger partial charge in [0.1, 0.15) is 0 Å². The van der Waals surface area contributed by atoms with Crippen LogP contribution in [0.4, 0.5) is 0 Å². The summed E-state index contributed by atoms with van der Waals surface area (Å²) in [5.41, 5.74) is 0. The average Bonchev–Trinajstić information content (AvgIpc) is 1.14. The molecule has 0 aliphatic rings. The monoisotopic (exact) mass is 413 g/mol. The fourth-order valence-corrected chi connectivity index (χ4v) is 1.25. The summed E-state index contributed by atoms with van der Waals surface area (Å²) in [5.74, 6) is 0. The van der Waals surface area contributed by atoms with E-state index in [1.54, 1.807) is 0 Å². The van der Waals surface area contributed by atoms with Gasteiger partial charge in [0.2, 0.25) is 0 Å². The molecule has 0 bridgehead atoms. The smallest absolute Gasteiger partial charge is 0 e. The molecule has 0 aliphatic carbocycles. The second-order valence-corrected chi connectivity index (χ2v) is 3.68. The molecule has 0 radical (unpaired) electrons. The first-order valence-electron chi connectivity index (χ1n) is 1.53. The van der Waals surface area contributed by atoms with E-state index >= 15 is 0 Å². The van der Waals surface area contributed by atoms with Crippen LogP contribution in [0, 0.1) is 0 Å². The maximum Gasteiger partial charge on any atom is 0 e. The molecule has 11 heavy (non-hydrogen) atoms. The van der Waals surface area contributed by atoms with Crippen LogP contribution >= 0.6 is 15.6 Å². The van der Waals surface area contributed by atoms with E-state index in [4.69, 9.17) is 19.6 Å². The molecule has 0 fully saturated rings. The first-order valence-corrected chi connectivity index (χ1v) is 4.59. The molecule has 68 valence electrons. The Morgan fingerprint density at radius 1 is 0.909 bits per heavy atom. The van der Waals surface area contributed by atoms with Gasteiger partial charge in [0, 0.05) is 21.1 Å². The van der Waals surface area contributed by atoms with Crippen molar-refractivity contribution in [1.82, 2.24) is 0 Å². The summed E-state index contributed by atoms with van der Waals surface area (Å²) in [6.45, 7) is 0. The number of phosphoric acid groups is 2. The van der Waals surface area contributed by atoms with Crippen LogP contribution in [0.15, 0.2) is 0 Å². The zero-order chi connectivity index (χ0) is 7.71. The summed E-state index contributed by atoms with van der Waals surface area (Å²) in [6, 6.07) is 0. The quantitative estimate of drug-likeness (QED) is 0.322. The van der Waals surface area contributed by atoms with Gasteiger partial charge in [0.25, 0.3) is 0 Å². The van der Waals surface area contributed by atoms with Gasteiger partial charge < -0.3 is 19.6 Å². The fourth-order valence-electron chi connectivity index (χ4n) is 0.139. The predicted octanol–water partition coefficient (Wildman–Crippen LogP) is -1.46. The number of rotatable bonds is 2. The topological polar surface area (TPSA) is 124 Å². The summed E-state index contributed by atoms with van der Waals surface area (Å²) in [6.07, 6.45) is 0. The third kappa shape index (κ3) is 19.1. The summed E-state index contributed by atoms with van der Waals surface area (Å²) in [4.78, 5) is 31.0. The Kier molecular flexibility index (Phi) is 12.1. The minimum atomic E-state index is -5.05. The minimum absolute atomic E-state index is 0. The summed E-state index contributed by atoms with van der Waals surface area (Å²) >= 11 is 0. The Bertz CT molecular complexity index is 157. The molecule has 0 amide bonds. The first kappa shape index (κ1) is 19.2. The normalized spacial score (nSPS) is 11.3. The standard InChI is InChI=1S/K.H4O7P2.Pt.H/c;1-8(2,3)7-9(4,5)6;;/h;(H2,1,2,3)(H2,4,5,6);;. The van der Waals surface area contributed by atoms with Crippen molar-refractivity contribution >= 4 is 67.0 Å². The average molecular weight is 413 g/mol. The van der Waals surface area contributed by atoms with Crippen LogP contribution in [0.5, 0.6) is 0 Å². The van der Waals surface area contributed by atoms with Crippen molar-refractivity contribution in [3.05, 3.63) is 0 Å². The molecule has 0 spiro atoms. The van der Waals surface area contributed by atoms with Gasteiger partial charge in [0.05, 0.1) is 0 Å². The van der Waals surface area contributed by atoms with Crippen LogP contribution in [-0.2, 0) is 34.5 Å². The van der Waals surface area contributed by atoms with Crippen LogP contribution in [0.1, 0.15) is 0 Å². The van der Waals surface area contributed by atoms with Crippen molar-refractivity contribution in [3.63, 3.8) is 0 Å². The van der Waals surface area contributed by atoms with Crippen molar-refractivity contribution in [2.75, 3.05) is 0 Å². The number of hydrogen-bond acceptors (Lipinski definition) is 3. The third-order valence-electron chi connectivity index (χ3n) is 0.213. The zero-order valence-electron chi connectivity index (χ0n) is 4.22. The maximum atomic E-state index is 9.63. The van der Waals surface area contributed by atoms with Gasteiger partial charge in [-0.1, -0.05) is 0 Å². The van der Waals surface area contributed by atoms with Crippen molar-refractivity contribution in [1.29, 1.82) is 0 Å². The maximum absolute atomic E-state index is 9.63. The van der Waals surface area contributed by atoms with E-state index in [0.717, 1.165) is 0 Å². The van der Waals surface area contributed by atoms with Crippen LogP contribution in [0.25, 0.3) is 0 Å². The fraction of sp³-hybridized carbons (Fsp3) is 0. The van der Waals surface area contributed by atoms with Crippen LogP contribution in [-0.4, -0.2) is 71.0 Å². The van der Waals surface area contributed by atoms with Gasteiger partial charge in [-0.15, -0.1) is 0 Å². The molecule has 0 unspecified atom stereocenters. The van der Waals surface area contributed by atoms with E-state index in [1.165, 1.54) is 0 Å². The van der Waals surface area contributed by atoms with E-state index in [1.807, 2.05) is 0 Å². The molecule has 0 rings (SSSR count). The van der Waals surface area contributed by atoms with E-state index in [0.29, 0.717) is 0 Å². The van der Waals surface area contributed by atoms with Crippen LogP contribution in [0.2, 0.25) is 0 Å².